The summed E-state index contributed by atoms with van der Waals surface area (Å²) in [5, 5.41) is 38.6. The Morgan fingerprint density at radius 3 is 1.80 bits per heavy atom. The van der Waals surface area contributed by atoms with Crippen LogP contribution in [0.1, 0.15) is 12.8 Å². The SMILES string of the molecule is O=C(O)CCC(=O)N[C@@H](CO)C(=O)N[C@@H](CO)C(=O)O. The summed E-state index contributed by atoms with van der Waals surface area (Å²) in [6.07, 6.45) is -0.832. The van der Waals surface area contributed by atoms with Crippen LogP contribution in [0.25, 0.3) is 0 Å². The van der Waals surface area contributed by atoms with E-state index in [9.17, 15) is 19.2 Å². The van der Waals surface area contributed by atoms with Gasteiger partial charge in [0.25, 0.3) is 0 Å². The number of aliphatic hydroxyl groups excluding tert-OH is 2. The summed E-state index contributed by atoms with van der Waals surface area (Å²) >= 11 is 0. The molecule has 0 bridgehead atoms. The van der Waals surface area contributed by atoms with E-state index in [0.29, 0.717) is 0 Å². The molecular formula is C10H16N2O8. The van der Waals surface area contributed by atoms with Crippen LogP contribution in [0.3, 0.4) is 0 Å². The fourth-order valence-corrected chi connectivity index (χ4v) is 1.14. The summed E-state index contributed by atoms with van der Waals surface area (Å²) < 4.78 is 0. The van der Waals surface area contributed by atoms with Crippen LogP contribution in [0.4, 0.5) is 0 Å². The molecule has 6 N–H and O–H groups in total. The lowest BCUT2D eigenvalue weighted by molar-refractivity contribution is -0.143. The van der Waals surface area contributed by atoms with Crippen molar-refractivity contribution in [3.8, 4) is 0 Å². The van der Waals surface area contributed by atoms with Crippen LogP contribution in [-0.4, -0.2) is 69.5 Å². The fourth-order valence-electron chi connectivity index (χ4n) is 1.14. The Morgan fingerprint density at radius 1 is 0.850 bits per heavy atom. The molecule has 0 radical (unpaired) electrons. The van der Waals surface area contributed by atoms with E-state index in [1.165, 1.54) is 0 Å². The molecule has 0 saturated heterocycles. The summed E-state index contributed by atoms with van der Waals surface area (Å²) in [7, 11) is 0. The second-order valence-corrected chi connectivity index (χ2v) is 3.78. The van der Waals surface area contributed by atoms with Gasteiger partial charge in [-0.05, 0) is 0 Å². The molecule has 0 aromatic carbocycles. The molecule has 2 amide bonds. The van der Waals surface area contributed by atoms with E-state index in [1.807, 2.05) is 5.32 Å². The van der Waals surface area contributed by atoms with Crippen molar-refractivity contribution >= 4 is 23.8 Å². The first-order valence-corrected chi connectivity index (χ1v) is 5.57. The van der Waals surface area contributed by atoms with Crippen LogP contribution in [0.15, 0.2) is 0 Å². The van der Waals surface area contributed by atoms with Gasteiger partial charge in [0, 0.05) is 6.42 Å². The van der Waals surface area contributed by atoms with Crippen LogP contribution in [0.2, 0.25) is 0 Å². The first kappa shape index (κ1) is 17.8. The zero-order chi connectivity index (χ0) is 15.7. The summed E-state index contributed by atoms with van der Waals surface area (Å²) in [5.74, 6) is -4.46. The van der Waals surface area contributed by atoms with Gasteiger partial charge in [0.15, 0.2) is 0 Å². The number of aliphatic hydroxyl groups is 2. The third kappa shape index (κ3) is 6.66. The Morgan fingerprint density at radius 2 is 1.40 bits per heavy atom. The van der Waals surface area contributed by atoms with E-state index in [-0.39, 0.29) is 6.42 Å². The van der Waals surface area contributed by atoms with Gasteiger partial charge in [0.2, 0.25) is 11.8 Å². The van der Waals surface area contributed by atoms with E-state index in [2.05, 4.69) is 5.32 Å². The Balaban J connectivity index is 4.44. The Bertz CT molecular complexity index is 383. The number of aliphatic carboxylic acids is 2. The third-order valence-electron chi connectivity index (χ3n) is 2.20. The highest BCUT2D eigenvalue weighted by atomic mass is 16.4. The largest absolute Gasteiger partial charge is 0.481 e. The first-order chi connectivity index (χ1) is 9.31. The van der Waals surface area contributed by atoms with Gasteiger partial charge < -0.3 is 31.1 Å². The molecular weight excluding hydrogens is 276 g/mol. The average molecular weight is 292 g/mol. The van der Waals surface area contributed by atoms with Gasteiger partial charge in [-0.3, -0.25) is 14.4 Å². The number of carbonyl (C=O) groups is 4. The molecule has 10 heteroatoms. The lowest BCUT2D eigenvalue weighted by Crippen LogP contribution is -2.54. The van der Waals surface area contributed by atoms with Gasteiger partial charge >= 0.3 is 11.9 Å². The van der Waals surface area contributed by atoms with Crippen molar-refractivity contribution in [1.29, 1.82) is 0 Å². The van der Waals surface area contributed by atoms with Gasteiger partial charge in [0.1, 0.15) is 12.1 Å². The lowest BCUT2D eigenvalue weighted by atomic mass is 10.2. The van der Waals surface area contributed by atoms with Crippen molar-refractivity contribution in [3.05, 3.63) is 0 Å². The molecule has 0 saturated carbocycles. The van der Waals surface area contributed by atoms with Crippen LogP contribution in [0, 0.1) is 0 Å². The second-order valence-electron chi connectivity index (χ2n) is 3.78. The molecule has 0 spiro atoms. The van der Waals surface area contributed by atoms with Gasteiger partial charge in [-0.2, -0.15) is 0 Å². The molecule has 0 aliphatic carbocycles. The fraction of sp³-hybridized carbons (Fsp3) is 0.600. The highest BCUT2D eigenvalue weighted by Gasteiger charge is 2.25. The number of rotatable bonds is 9. The lowest BCUT2D eigenvalue weighted by Gasteiger charge is -2.18. The molecule has 0 unspecified atom stereocenters. The molecule has 0 aliphatic heterocycles. The molecule has 10 nitrogen and oxygen atoms in total. The van der Waals surface area contributed by atoms with Crippen molar-refractivity contribution in [1.82, 2.24) is 10.6 Å². The molecule has 0 aromatic rings. The zero-order valence-electron chi connectivity index (χ0n) is 10.4. The van der Waals surface area contributed by atoms with Crippen LogP contribution in [-0.2, 0) is 19.2 Å². The van der Waals surface area contributed by atoms with E-state index >= 15 is 0 Å². The van der Waals surface area contributed by atoms with Gasteiger partial charge in [-0.1, -0.05) is 0 Å². The minimum Gasteiger partial charge on any atom is -0.481 e. The molecule has 20 heavy (non-hydrogen) atoms. The third-order valence-corrected chi connectivity index (χ3v) is 2.20. The maximum absolute atomic E-state index is 11.5. The zero-order valence-corrected chi connectivity index (χ0v) is 10.4. The summed E-state index contributed by atoms with van der Waals surface area (Å²) in [6.45, 7) is -1.66. The highest BCUT2D eigenvalue weighted by Crippen LogP contribution is 1.93. The van der Waals surface area contributed by atoms with Gasteiger partial charge in [-0.25, -0.2) is 4.79 Å². The quantitative estimate of drug-likeness (QED) is 0.259. The molecule has 2 atom stereocenters. The number of carboxylic acids is 2. The van der Waals surface area contributed by atoms with Gasteiger partial charge in [-0.15, -0.1) is 0 Å². The van der Waals surface area contributed by atoms with Gasteiger partial charge in [0.05, 0.1) is 19.6 Å². The van der Waals surface area contributed by atoms with Crippen molar-refractivity contribution in [2.75, 3.05) is 13.2 Å². The minimum atomic E-state index is -1.56. The number of hydrogen-bond donors (Lipinski definition) is 6. The predicted octanol–water partition coefficient (Wildman–Crippen LogP) is -3.11. The number of nitrogens with one attached hydrogen (secondary N) is 2. The van der Waals surface area contributed by atoms with Crippen molar-refractivity contribution in [2.45, 2.75) is 24.9 Å². The highest BCUT2D eigenvalue weighted by molar-refractivity contribution is 5.91. The Labute approximate surface area is 113 Å². The molecule has 0 aromatic heterocycles. The smallest absolute Gasteiger partial charge is 0.328 e. The number of amides is 2. The van der Waals surface area contributed by atoms with Crippen molar-refractivity contribution in [2.24, 2.45) is 0 Å². The maximum Gasteiger partial charge on any atom is 0.328 e. The average Bonchev–Trinajstić information content (AvgIpc) is 2.38. The molecule has 0 fully saturated rings. The number of hydrogen-bond acceptors (Lipinski definition) is 6. The molecule has 114 valence electrons. The first-order valence-electron chi connectivity index (χ1n) is 5.57. The summed E-state index contributed by atoms with van der Waals surface area (Å²) in [5.41, 5.74) is 0. The molecule has 0 aliphatic rings. The van der Waals surface area contributed by atoms with E-state index < -0.39 is 55.5 Å². The number of carbonyl (C=O) groups excluding carboxylic acids is 2. The van der Waals surface area contributed by atoms with Crippen LogP contribution < -0.4 is 10.6 Å². The van der Waals surface area contributed by atoms with Crippen molar-refractivity contribution in [3.63, 3.8) is 0 Å². The van der Waals surface area contributed by atoms with Crippen LogP contribution >= 0.6 is 0 Å². The Kier molecular flexibility index (Phi) is 7.85. The second kappa shape index (κ2) is 8.82. The maximum atomic E-state index is 11.5. The Hall–Kier alpha value is -2.20. The van der Waals surface area contributed by atoms with E-state index in [1.54, 1.807) is 0 Å². The molecule has 0 rings (SSSR count). The van der Waals surface area contributed by atoms with E-state index in [0.717, 1.165) is 0 Å². The topological polar surface area (TPSA) is 173 Å². The summed E-state index contributed by atoms with van der Waals surface area (Å²) in [6, 6.07) is -2.99. The van der Waals surface area contributed by atoms with E-state index in [4.69, 9.17) is 20.4 Å². The van der Waals surface area contributed by atoms with Crippen molar-refractivity contribution < 1.29 is 39.6 Å². The monoisotopic (exact) mass is 292 g/mol. The normalized spacial score (nSPS) is 13.1. The standard InChI is InChI=1S/C10H16N2O8/c13-3-5(11-7(15)1-2-8(16)17)9(18)12-6(4-14)10(19)20/h5-6,13-14H,1-4H2,(H,11,15)(H,12,18)(H,16,17)(H,19,20)/t5-,6-/m0/s1. The predicted molar refractivity (Wildman–Crippen MR) is 62.5 cm³/mol. The minimum absolute atomic E-state index is 0.387. The molecule has 0 heterocycles. The number of carboxylic acid groups (broad SMARTS) is 2. The van der Waals surface area contributed by atoms with Crippen LogP contribution in [0.5, 0.6) is 0 Å². The summed E-state index contributed by atoms with van der Waals surface area (Å²) in [4.78, 5) is 43.7.